The van der Waals surface area contributed by atoms with E-state index in [4.69, 9.17) is 4.74 Å². The van der Waals surface area contributed by atoms with Gasteiger partial charge < -0.3 is 15.4 Å². The molecule has 9 nitrogen and oxygen atoms in total. The number of aromatic nitrogens is 6. The normalized spacial score (nSPS) is 15.6. The number of ether oxygens (including phenoxy) is 1. The quantitative estimate of drug-likeness (QED) is 0.357. The van der Waals surface area contributed by atoms with E-state index in [0.717, 1.165) is 24.7 Å². The topological polar surface area (TPSA) is 102 Å². The summed E-state index contributed by atoms with van der Waals surface area (Å²) in [7, 11) is 0. The maximum Gasteiger partial charge on any atom is 0.178 e. The van der Waals surface area contributed by atoms with Crippen LogP contribution < -0.4 is 15.4 Å². The lowest BCUT2D eigenvalue weighted by Gasteiger charge is -2.13. The van der Waals surface area contributed by atoms with E-state index in [0.29, 0.717) is 58.7 Å². The van der Waals surface area contributed by atoms with E-state index in [1.165, 1.54) is 18.6 Å². The van der Waals surface area contributed by atoms with Crippen LogP contribution in [0, 0.1) is 11.6 Å². The van der Waals surface area contributed by atoms with Crippen molar-refractivity contribution in [1.29, 1.82) is 0 Å². The molecule has 0 saturated carbocycles. The van der Waals surface area contributed by atoms with Gasteiger partial charge in [0.15, 0.2) is 11.5 Å². The van der Waals surface area contributed by atoms with Crippen LogP contribution in [0.1, 0.15) is 18.7 Å². The van der Waals surface area contributed by atoms with Gasteiger partial charge in [-0.2, -0.15) is 9.61 Å². The van der Waals surface area contributed by atoms with Gasteiger partial charge in [-0.25, -0.2) is 13.8 Å². The van der Waals surface area contributed by atoms with E-state index < -0.39 is 11.6 Å². The highest BCUT2D eigenvalue weighted by molar-refractivity contribution is 5.87. The number of halogens is 2. The molecule has 36 heavy (non-hydrogen) atoms. The molecule has 1 aromatic carbocycles. The highest BCUT2D eigenvalue weighted by Crippen LogP contribution is 2.24. The predicted molar refractivity (Wildman–Crippen MR) is 130 cm³/mol. The average Bonchev–Trinajstić information content (AvgIpc) is 3.55. The summed E-state index contributed by atoms with van der Waals surface area (Å²) < 4.78 is 34.8. The summed E-state index contributed by atoms with van der Waals surface area (Å²) >= 11 is 0. The zero-order valence-electron chi connectivity index (χ0n) is 19.2. The third kappa shape index (κ3) is 4.52. The molecule has 6 rings (SSSR count). The third-order valence-corrected chi connectivity index (χ3v) is 6.09. The monoisotopic (exact) mass is 488 g/mol. The van der Waals surface area contributed by atoms with Gasteiger partial charge in [-0.15, -0.1) is 10.2 Å². The Kier molecular flexibility index (Phi) is 5.82. The smallest absolute Gasteiger partial charge is 0.178 e. The molecule has 2 N–H and O–H groups in total. The summed E-state index contributed by atoms with van der Waals surface area (Å²) in [6, 6.07) is 10.7. The number of rotatable bonds is 7. The summed E-state index contributed by atoms with van der Waals surface area (Å²) in [5, 5.41) is 19.6. The number of benzene rings is 1. The van der Waals surface area contributed by atoms with Crippen LogP contribution in [0.15, 0.2) is 54.9 Å². The lowest BCUT2D eigenvalue weighted by Crippen LogP contribution is -2.28. The number of fused-ring (bicyclic) bond motifs is 2. The summed E-state index contributed by atoms with van der Waals surface area (Å²) in [5.41, 5.74) is 3.41. The minimum Gasteiger partial charge on any atom is -0.490 e. The van der Waals surface area contributed by atoms with Gasteiger partial charge in [-0.1, -0.05) is 0 Å². The van der Waals surface area contributed by atoms with Crippen LogP contribution in [-0.2, 0) is 6.54 Å². The van der Waals surface area contributed by atoms with Gasteiger partial charge in [0, 0.05) is 29.9 Å². The maximum absolute atomic E-state index is 13.7. The molecule has 5 heterocycles. The molecular formula is C25H22F2N8O. The Morgan fingerprint density at radius 3 is 2.78 bits per heavy atom. The van der Waals surface area contributed by atoms with Crippen LogP contribution in [0.25, 0.3) is 27.9 Å². The minimum absolute atomic E-state index is 0.293. The maximum atomic E-state index is 13.7. The fourth-order valence-electron chi connectivity index (χ4n) is 4.30. The molecule has 1 aliphatic heterocycles. The van der Waals surface area contributed by atoms with Gasteiger partial charge in [-0.05, 0) is 49.7 Å². The van der Waals surface area contributed by atoms with Crippen molar-refractivity contribution in [2.75, 3.05) is 18.5 Å². The van der Waals surface area contributed by atoms with Crippen molar-refractivity contribution < 1.29 is 13.5 Å². The Balaban J connectivity index is 1.22. The van der Waals surface area contributed by atoms with E-state index in [1.807, 2.05) is 12.1 Å². The van der Waals surface area contributed by atoms with Crippen molar-refractivity contribution in [3.63, 3.8) is 0 Å². The minimum atomic E-state index is -0.668. The molecule has 5 aromatic rings. The van der Waals surface area contributed by atoms with Gasteiger partial charge in [-0.3, -0.25) is 4.98 Å². The third-order valence-electron chi connectivity index (χ3n) is 6.09. The average molecular weight is 489 g/mol. The Labute approximate surface area is 204 Å². The van der Waals surface area contributed by atoms with Crippen LogP contribution in [0.3, 0.4) is 0 Å². The summed E-state index contributed by atoms with van der Waals surface area (Å²) in [6.07, 6.45) is 5.68. The van der Waals surface area contributed by atoms with Gasteiger partial charge in [0.2, 0.25) is 0 Å². The molecule has 1 saturated heterocycles. The number of hydrogen-bond acceptors (Lipinski definition) is 8. The van der Waals surface area contributed by atoms with Crippen LogP contribution in [0.5, 0.6) is 5.75 Å². The van der Waals surface area contributed by atoms with Crippen molar-refractivity contribution in [2.45, 2.75) is 25.4 Å². The predicted octanol–water partition coefficient (Wildman–Crippen LogP) is 3.76. The molecule has 0 aliphatic carbocycles. The molecule has 0 bridgehead atoms. The highest BCUT2D eigenvalue weighted by Gasteiger charge is 2.15. The number of pyridine rings is 2. The molecule has 0 radical (unpaired) electrons. The fraction of sp³-hybridized carbons (Fsp3) is 0.240. The highest BCUT2D eigenvalue weighted by atomic mass is 19.1. The van der Waals surface area contributed by atoms with Gasteiger partial charge >= 0.3 is 0 Å². The second-order valence-electron chi connectivity index (χ2n) is 8.62. The Morgan fingerprint density at radius 1 is 1.06 bits per heavy atom. The number of hydrogen-bond donors (Lipinski definition) is 2. The zero-order valence-corrected chi connectivity index (χ0v) is 19.2. The summed E-state index contributed by atoms with van der Waals surface area (Å²) in [6.45, 7) is 1.92. The van der Waals surface area contributed by atoms with Crippen molar-refractivity contribution in [1.82, 2.24) is 35.1 Å². The van der Waals surface area contributed by atoms with Gasteiger partial charge in [0.25, 0.3) is 0 Å². The largest absolute Gasteiger partial charge is 0.490 e. The first-order valence-corrected chi connectivity index (χ1v) is 11.6. The number of nitrogens with one attached hydrogen (secondary N) is 2. The molecule has 11 heteroatoms. The lowest BCUT2D eigenvalue weighted by atomic mass is 10.1. The lowest BCUT2D eigenvalue weighted by molar-refractivity contribution is 0.276. The fourth-order valence-corrected chi connectivity index (χ4v) is 4.30. The van der Waals surface area contributed by atoms with Crippen LogP contribution in [-0.4, -0.2) is 49.0 Å². The molecule has 0 spiro atoms. The number of anilines is 1. The Hall–Kier alpha value is -4.25. The first kappa shape index (κ1) is 22.2. The molecule has 0 amide bonds. The zero-order chi connectivity index (χ0) is 24.5. The van der Waals surface area contributed by atoms with Crippen molar-refractivity contribution in [3.05, 3.63) is 72.3 Å². The van der Waals surface area contributed by atoms with Crippen LogP contribution >= 0.6 is 0 Å². The standard InChI is InChI=1S/C25H22F2N8O/c26-16-8-15(9-17(27)10-16)20-3-4-23-32-33-24(35(23)34-20)13-30-21-5-7-29-22-11-19(12-31-25(21)22)36-14-18-2-1-6-28-18/h3-5,7-12,18,28H,1-2,6,13-14H2,(H,29,30)/t18-/m0/s1. The van der Waals surface area contributed by atoms with Gasteiger partial charge in [0.1, 0.15) is 29.5 Å². The van der Waals surface area contributed by atoms with Crippen LogP contribution in [0.2, 0.25) is 0 Å². The molecule has 0 unspecified atom stereocenters. The van der Waals surface area contributed by atoms with E-state index in [9.17, 15) is 8.78 Å². The first-order valence-electron chi connectivity index (χ1n) is 11.6. The second kappa shape index (κ2) is 9.42. The van der Waals surface area contributed by atoms with Crippen molar-refractivity contribution in [2.24, 2.45) is 0 Å². The number of nitrogens with zero attached hydrogens (tertiary/aromatic N) is 6. The molecule has 4 aromatic heterocycles. The van der Waals surface area contributed by atoms with Gasteiger partial charge in [0.05, 0.1) is 29.6 Å². The van der Waals surface area contributed by atoms with Crippen molar-refractivity contribution in [3.8, 4) is 17.0 Å². The van der Waals surface area contributed by atoms with Crippen molar-refractivity contribution >= 4 is 22.4 Å². The summed E-state index contributed by atoms with van der Waals surface area (Å²) in [4.78, 5) is 8.99. The second-order valence-corrected chi connectivity index (χ2v) is 8.62. The molecular weight excluding hydrogens is 466 g/mol. The first-order chi connectivity index (χ1) is 17.6. The van der Waals surface area contributed by atoms with E-state index >= 15 is 0 Å². The Morgan fingerprint density at radius 2 is 1.94 bits per heavy atom. The molecule has 1 aliphatic rings. The van der Waals surface area contributed by atoms with E-state index in [-0.39, 0.29) is 0 Å². The van der Waals surface area contributed by atoms with E-state index in [1.54, 1.807) is 29.0 Å². The van der Waals surface area contributed by atoms with E-state index in [2.05, 4.69) is 35.9 Å². The Bertz CT molecular complexity index is 1530. The molecule has 182 valence electrons. The molecule has 1 fully saturated rings. The molecule has 1 atom stereocenters. The summed E-state index contributed by atoms with van der Waals surface area (Å²) in [5.74, 6) is -0.135. The SMILES string of the molecule is Fc1cc(F)cc(-c2ccc3nnc(CNc4ccnc5cc(OC[C@@H]6CCCN6)cnc45)n3n2)c1. The van der Waals surface area contributed by atoms with Crippen LogP contribution in [0.4, 0.5) is 14.5 Å².